The molecule has 2 unspecified atom stereocenters. The molecule has 3 rings (SSSR count). The molecule has 2 aliphatic rings. The highest BCUT2D eigenvalue weighted by Gasteiger charge is 2.39. The van der Waals surface area contributed by atoms with Gasteiger partial charge in [0.05, 0.1) is 5.56 Å². The Bertz CT molecular complexity index is 513. The number of anilines is 1. The third kappa shape index (κ3) is 2.89. The summed E-state index contributed by atoms with van der Waals surface area (Å²) in [7, 11) is 0. The van der Waals surface area contributed by atoms with Gasteiger partial charge in [-0.25, -0.2) is 0 Å². The fraction of sp³-hybridized carbons (Fsp3) is 0.625. The van der Waals surface area contributed by atoms with Gasteiger partial charge in [-0.05, 0) is 49.4 Å². The fourth-order valence-electron chi connectivity index (χ4n) is 3.66. The van der Waals surface area contributed by atoms with Crippen LogP contribution in [0.15, 0.2) is 18.2 Å². The average molecular weight is 298 g/mol. The van der Waals surface area contributed by atoms with E-state index in [0.29, 0.717) is 24.1 Å². The predicted octanol–water partition coefficient (Wildman–Crippen LogP) is 3.80. The molecule has 116 valence electrons. The fourth-order valence-corrected chi connectivity index (χ4v) is 3.66. The number of halogens is 3. The standard InChI is InChI=1S/C16H21F3N2/c1-2-20-9-12-4-6-14(8-15(12)16(17,18)19)21-10-11-3-5-13(21)7-11/h4,6,8,11,13,20H,2-3,5,7,9-10H2,1H3. The molecular formula is C16H21F3N2. The van der Waals surface area contributed by atoms with E-state index in [1.807, 2.05) is 13.0 Å². The summed E-state index contributed by atoms with van der Waals surface area (Å²) in [6, 6.07) is 5.26. The van der Waals surface area contributed by atoms with Crippen molar-refractivity contribution in [2.24, 2.45) is 5.92 Å². The Labute approximate surface area is 123 Å². The Morgan fingerprint density at radius 1 is 1.29 bits per heavy atom. The van der Waals surface area contributed by atoms with Crippen LogP contribution >= 0.6 is 0 Å². The Hall–Kier alpha value is -1.23. The van der Waals surface area contributed by atoms with Crippen LogP contribution in [0.2, 0.25) is 0 Å². The summed E-state index contributed by atoms with van der Waals surface area (Å²) in [5.41, 5.74) is 0.566. The molecule has 1 heterocycles. The summed E-state index contributed by atoms with van der Waals surface area (Å²) in [5, 5.41) is 2.98. The molecule has 2 fully saturated rings. The van der Waals surface area contributed by atoms with Crippen molar-refractivity contribution in [2.75, 3.05) is 18.0 Å². The number of benzene rings is 1. The van der Waals surface area contributed by atoms with E-state index in [1.54, 1.807) is 6.07 Å². The Balaban J connectivity index is 1.89. The number of nitrogens with one attached hydrogen (secondary N) is 1. The lowest BCUT2D eigenvalue weighted by Gasteiger charge is -2.30. The summed E-state index contributed by atoms with van der Waals surface area (Å²) in [5.74, 6) is 0.672. The van der Waals surface area contributed by atoms with Gasteiger partial charge in [-0.1, -0.05) is 13.0 Å². The maximum atomic E-state index is 13.3. The van der Waals surface area contributed by atoms with Gasteiger partial charge in [-0.3, -0.25) is 0 Å². The first-order valence-corrected chi connectivity index (χ1v) is 7.66. The van der Waals surface area contributed by atoms with E-state index in [9.17, 15) is 13.2 Å². The average Bonchev–Trinajstić information content (AvgIpc) is 3.06. The normalized spacial score (nSPS) is 24.9. The number of nitrogens with zero attached hydrogens (tertiary/aromatic N) is 1. The number of alkyl halides is 3. The molecule has 0 spiro atoms. The highest BCUT2D eigenvalue weighted by Crippen LogP contribution is 2.42. The second-order valence-electron chi connectivity index (χ2n) is 6.10. The molecule has 0 amide bonds. The van der Waals surface area contributed by atoms with E-state index < -0.39 is 11.7 Å². The SMILES string of the molecule is CCNCc1ccc(N2CC3CCC2C3)cc1C(F)(F)F. The van der Waals surface area contributed by atoms with Crippen molar-refractivity contribution >= 4 is 5.69 Å². The minimum absolute atomic E-state index is 0.262. The van der Waals surface area contributed by atoms with E-state index in [-0.39, 0.29) is 6.54 Å². The highest BCUT2D eigenvalue weighted by atomic mass is 19.4. The molecule has 21 heavy (non-hydrogen) atoms. The second kappa shape index (κ2) is 5.52. The van der Waals surface area contributed by atoms with E-state index in [1.165, 1.54) is 12.5 Å². The van der Waals surface area contributed by atoms with Gasteiger partial charge in [0.2, 0.25) is 0 Å². The molecule has 5 heteroatoms. The van der Waals surface area contributed by atoms with Crippen molar-refractivity contribution in [3.63, 3.8) is 0 Å². The Kier molecular flexibility index (Phi) is 3.86. The zero-order chi connectivity index (χ0) is 15.0. The number of hydrogen-bond donors (Lipinski definition) is 1. The second-order valence-corrected chi connectivity index (χ2v) is 6.10. The van der Waals surface area contributed by atoms with Gasteiger partial charge in [-0.15, -0.1) is 0 Å². The predicted molar refractivity (Wildman–Crippen MR) is 77.3 cm³/mol. The summed E-state index contributed by atoms with van der Waals surface area (Å²) >= 11 is 0. The minimum atomic E-state index is -4.29. The van der Waals surface area contributed by atoms with E-state index >= 15 is 0 Å². The molecular weight excluding hydrogens is 277 g/mol. The summed E-state index contributed by atoms with van der Waals surface area (Å²) in [6.07, 6.45) is -0.809. The van der Waals surface area contributed by atoms with Crippen LogP contribution in [0.25, 0.3) is 0 Å². The maximum absolute atomic E-state index is 13.3. The van der Waals surface area contributed by atoms with Crippen molar-refractivity contribution in [1.29, 1.82) is 0 Å². The lowest BCUT2D eigenvalue weighted by molar-refractivity contribution is -0.138. The zero-order valence-corrected chi connectivity index (χ0v) is 12.2. The molecule has 1 aromatic rings. The number of fused-ring (bicyclic) bond motifs is 2. The Morgan fingerprint density at radius 2 is 2.10 bits per heavy atom. The quantitative estimate of drug-likeness (QED) is 0.909. The van der Waals surface area contributed by atoms with Crippen molar-refractivity contribution in [3.05, 3.63) is 29.3 Å². The van der Waals surface area contributed by atoms with Crippen LogP contribution in [0.3, 0.4) is 0 Å². The van der Waals surface area contributed by atoms with Crippen LogP contribution in [0.4, 0.5) is 18.9 Å². The Morgan fingerprint density at radius 3 is 2.67 bits per heavy atom. The van der Waals surface area contributed by atoms with Gasteiger partial charge in [-0.2, -0.15) is 13.2 Å². The van der Waals surface area contributed by atoms with Crippen molar-refractivity contribution in [3.8, 4) is 0 Å². The third-order valence-electron chi connectivity index (χ3n) is 4.71. The lowest BCUT2D eigenvalue weighted by atomic mass is 10.0. The van der Waals surface area contributed by atoms with Crippen LogP contribution in [-0.2, 0) is 12.7 Å². The van der Waals surface area contributed by atoms with Gasteiger partial charge >= 0.3 is 6.18 Å². The van der Waals surface area contributed by atoms with Gasteiger partial charge in [0, 0.05) is 24.8 Å². The number of hydrogen-bond acceptors (Lipinski definition) is 2. The first kappa shape index (κ1) is 14.7. The molecule has 0 aromatic heterocycles. The lowest BCUT2D eigenvalue weighted by Crippen LogP contribution is -2.32. The molecule has 2 bridgehead atoms. The molecule has 1 saturated heterocycles. The van der Waals surface area contributed by atoms with E-state index in [0.717, 1.165) is 25.1 Å². The third-order valence-corrected chi connectivity index (χ3v) is 4.71. The van der Waals surface area contributed by atoms with Crippen molar-refractivity contribution in [1.82, 2.24) is 5.32 Å². The molecule has 2 nitrogen and oxygen atoms in total. The molecule has 0 radical (unpaired) electrons. The van der Waals surface area contributed by atoms with Crippen LogP contribution < -0.4 is 10.2 Å². The van der Waals surface area contributed by atoms with Gasteiger partial charge in [0.15, 0.2) is 0 Å². The zero-order valence-electron chi connectivity index (χ0n) is 12.2. The summed E-state index contributed by atoms with van der Waals surface area (Å²) in [6.45, 7) is 3.73. The maximum Gasteiger partial charge on any atom is 0.416 e. The topological polar surface area (TPSA) is 15.3 Å². The van der Waals surface area contributed by atoms with Crippen molar-refractivity contribution < 1.29 is 13.2 Å². The van der Waals surface area contributed by atoms with E-state index in [4.69, 9.17) is 0 Å². The van der Waals surface area contributed by atoms with Gasteiger partial charge < -0.3 is 10.2 Å². The number of piperidine rings is 1. The van der Waals surface area contributed by atoms with Gasteiger partial charge in [0.1, 0.15) is 0 Å². The van der Waals surface area contributed by atoms with Crippen molar-refractivity contribution in [2.45, 2.75) is 44.9 Å². The van der Waals surface area contributed by atoms with Crippen LogP contribution in [0.1, 0.15) is 37.3 Å². The first-order chi connectivity index (χ1) is 9.99. The van der Waals surface area contributed by atoms with Crippen LogP contribution in [0.5, 0.6) is 0 Å². The molecule has 2 atom stereocenters. The summed E-state index contributed by atoms with van der Waals surface area (Å²) in [4.78, 5) is 2.17. The highest BCUT2D eigenvalue weighted by molar-refractivity contribution is 5.54. The van der Waals surface area contributed by atoms with Crippen LogP contribution in [0, 0.1) is 5.92 Å². The van der Waals surface area contributed by atoms with E-state index in [2.05, 4.69) is 10.2 Å². The molecule has 1 saturated carbocycles. The summed E-state index contributed by atoms with van der Waals surface area (Å²) < 4.78 is 39.9. The first-order valence-electron chi connectivity index (χ1n) is 7.66. The van der Waals surface area contributed by atoms with Gasteiger partial charge in [0.25, 0.3) is 0 Å². The largest absolute Gasteiger partial charge is 0.416 e. The molecule has 1 aromatic carbocycles. The smallest absolute Gasteiger partial charge is 0.368 e. The minimum Gasteiger partial charge on any atom is -0.368 e. The monoisotopic (exact) mass is 298 g/mol. The number of rotatable bonds is 4. The molecule has 1 N–H and O–H groups in total. The molecule has 1 aliphatic heterocycles. The molecule has 1 aliphatic carbocycles. The van der Waals surface area contributed by atoms with Crippen LogP contribution in [-0.4, -0.2) is 19.1 Å².